The first-order valence-electron chi connectivity index (χ1n) is 9.50. The molecule has 1 N–H and O–H groups in total. The summed E-state index contributed by atoms with van der Waals surface area (Å²) in [5, 5.41) is 12.9. The van der Waals surface area contributed by atoms with E-state index in [2.05, 4.69) is 24.3 Å². The lowest BCUT2D eigenvalue weighted by molar-refractivity contribution is 0.481. The van der Waals surface area contributed by atoms with E-state index in [1.807, 2.05) is 54.6 Å². The third kappa shape index (κ3) is 2.52. The molecule has 0 saturated heterocycles. The Morgan fingerprint density at radius 3 is 2.28 bits per heavy atom. The molecular weight excluding hydrogens is 360 g/mol. The fourth-order valence-corrected chi connectivity index (χ4v) is 3.95. The number of phenols is 1. The van der Waals surface area contributed by atoms with Gasteiger partial charge in [-0.1, -0.05) is 48.5 Å². The normalized spacial score (nSPS) is 11.6. The van der Waals surface area contributed by atoms with Gasteiger partial charge in [0.25, 0.3) is 0 Å². The summed E-state index contributed by atoms with van der Waals surface area (Å²) in [6, 6.07) is 29.8. The van der Waals surface area contributed by atoms with Crippen LogP contribution in [0.1, 0.15) is 0 Å². The van der Waals surface area contributed by atoms with Crippen molar-refractivity contribution in [2.75, 3.05) is 0 Å². The van der Waals surface area contributed by atoms with Crippen molar-refractivity contribution in [1.29, 1.82) is 0 Å². The van der Waals surface area contributed by atoms with Gasteiger partial charge in [-0.3, -0.25) is 0 Å². The van der Waals surface area contributed by atoms with Crippen molar-refractivity contribution in [2.45, 2.75) is 0 Å². The van der Waals surface area contributed by atoms with Crippen LogP contribution in [-0.2, 0) is 0 Å². The second kappa shape index (κ2) is 6.01. The van der Waals surface area contributed by atoms with E-state index in [1.54, 1.807) is 12.1 Å². The van der Waals surface area contributed by atoms with Crippen LogP contribution in [0.4, 0.5) is 0 Å². The fourth-order valence-electron chi connectivity index (χ4n) is 3.95. The molecule has 3 heteroatoms. The molecule has 4 aromatic carbocycles. The SMILES string of the molecule is Oc1cccc2oc3cc(-c4ccc5oc(-c6ccccc6)cc5c4)ccc3c12. The molecule has 0 atom stereocenters. The van der Waals surface area contributed by atoms with Gasteiger partial charge in [-0.25, -0.2) is 0 Å². The van der Waals surface area contributed by atoms with Crippen LogP contribution >= 0.6 is 0 Å². The van der Waals surface area contributed by atoms with Gasteiger partial charge in [0.05, 0.1) is 5.39 Å². The molecule has 0 aliphatic rings. The molecule has 2 aromatic heterocycles. The largest absolute Gasteiger partial charge is 0.507 e. The average molecular weight is 376 g/mol. The van der Waals surface area contributed by atoms with Gasteiger partial charge >= 0.3 is 0 Å². The van der Waals surface area contributed by atoms with E-state index in [1.165, 1.54) is 0 Å². The number of hydrogen-bond acceptors (Lipinski definition) is 3. The van der Waals surface area contributed by atoms with Crippen molar-refractivity contribution in [1.82, 2.24) is 0 Å². The molecule has 0 aliphatic heterocycles. The molecule has 138 valence electrons. The summed E-state index contributed by atoms with van der Waals surface area (Å²) in [4.78, 5) is 0. The number of rotatable bonds is 2. The average Bonchev–Trinajstić information content (AvgIpc) is 3.35. The number of fused-ring (bicyclic) bond motifs is 4. The highest BCUT2D eigenvalue weighted by atomic mass is 16.3. The summed E-state index contributed by atoms with van der Waals surface area (Å²) in [5.74, 6) is 1.10. The minimum absolute atomic E-state index is 0.238. The summed E-state index contributed by atoms with van der Waals surface area (Å²) in [5.41, 5.74) is 5.52. The zero-order valence-electron chi connectivity index (χ0n) is 15.4. The molecule has 6 aromatic rings. The van der Waals surface area contributed by atoms with E-state index < -0.39 is 0 Å². The highest BCUT2D eigenvalue weighted by Crippen LogP contribution is 2.37. The summed E-state index contributed by atoms with van der Waals surface area (Å²) < 4.78 is 12.0. The number of furan rings is 2. The minimum Gasteiger partial charge on any atom is -0.507 e. The summed E-state index contributed by atoms with van der Waals surface area (Å²) in [6.45, 7) is 0. The maximum atomic E-state index is 10.2. The Morgan fingerprint density at radius 2 is 1.38 bits per heavy atom. The molecule has 2 heterocycles. The summed E-state index contributed by atoms with van der Waals surface area (Å²) >= 11 is 0. The molecule has 0 spiro atoms. The summed E-state index contributed by atoms with van der Waals surface area (Å²) in [6.07, 6.45) is 0. The van der Waals surface area contributed by atoms with Crippen LogP contribution in [0.5, 0.6) is 5.75 Å². The molecule has 0 saturated carbocycles. The number of hydrogen-bond donors (Lipinski definition) is 1. The van der Waals surface area contributed by atoms with Gasteiger partial charge in [-0.2, -0.15) is 0 Å². The van der Waals surface area contributed by atoms with Crippen LogP contribution in [0, 0.1) is 0 Å². The van der Waals surface area contributed by atoms with Gasteiger partial charge < -0.3 is 13.9 Å². The third-order valence-electron chi connectivity index (χ3n) is 5.38. The molecule has 0 unspecified atom stereocenters. The van der Waals surface area contributed by atoms with Gasteiger partial charge in [0, 0.05) is 16.3 Å². The maximum absolute atomic E-state index is 10.2. The Kier molecular flexibility index (Phi) is 3.32. The molecule has 29 heavy (non-hydrogen) atoms. The third-order valence-corrected chi connectivity index (χ3v) is 5.38. The Labute approximate surface area is 166 Å². The number of phenolic OH excluding ortho intramolecular Hbond substituents is 1. The molecule has 6 rings (SSSR count). The molecule has 3 nitrogen and oxygen atoms in total. The van der Waals surface area contributed by atoms with Gasteiger partial charge in [0.15, 0.2) is 0 Å². The standard InChI is InChI=1S/C26H16O3/c27-21-7-4-8-23-26(21)20-11-9-18(14-25(20)29-23)17-10-12-22-19(13-17)15-24(28-22)16-5-2-1-3-6-16/h1-15,27H. The van der Waals surface area contributed by atoms with E-state index in [0.717, 1.165) is 49.8 Å². The van der Waals surface area contributed by atoms with Gasteiger partial charge in [0.1, 0.15) is 28.3 Å². The lowest BCUT2D eigenvalue weighted by atomic mass is 10.0. The zero-order chi connectivity index (χ0) is 19.4. The lowest BCUT2D eigenvalue weighted by Gasteiger charge is -2.02. The Balaban J connectivity index is 1.48. The van der Waals surface area contributed by atoms with Crippen LogP contribution in [0.15, 0.2) is 99.8 Å². The van der Waals surface area contributed by atoms with Crippen LogP contribution in [0.25, 0.3) is 55.4 Å². The predicted molar refractivity (Wildman–Crippen MR) is 116 cm³/mol. The fraction of sp³-hybridized carbons (Fsp3) is 0. The van der Waals surface area contributed by atoms with Crippen molar-refractivity contribution in [3.8, 4) is 28.2 Å². The molecule has 0 amide bonds. The minimum atomic E-state index is 0.238. The van der Waals surface area contributed by atoms with Gasteiger partial charge in [0.2, 0.25) is 0 Å². The second-order valence-electron chi connectivity index (χ2n) is 7.19. The van der Waals surface area contributed by atoms with E-state index in [9.17, 15) is 5.11 Å². The summed E-state index contributed by atoms with van der Waals surface area (Å²) in [7, 11) is 0. The highest BCUT2D eigenvalue weighted by molar-refractivity contribution is 6.09. The van der Waals surface area contributed by atoms with Crippen LogP contribution in [0.3, 0.4) is 0 Å². The molecular formula is C26H16O3. The van der Waals surface area contributed by atoms with Crippen molar-refractivity contribution < 1.29 is 13.9 Å². The topological polar surface area (TPSA) is 46.5 Å². The smallest absolute Gasteiger partial charge is 0.139 e. The van der Waals surface area contributed by atoms with Crippen molar-refractivity contribution in [2.24, 2.45) is 0 Å². The molecule has 0 bridgehead atoms. The van der Waals surface area contributed by atoms with Gasteiger partial charge in [-0.15, -0.1) is 0 Å². The first-order chi connectivity index (χ1) is 14.3. The van der Waals surface area contributed by atoms with Crippen LogP contribution in [0.2, 0.25) is 0 Å². The number of aromatic hydroxyl groups is 1. The van der Waals surface area contributed by atoms with Crippen molar-refractivity contribution >= 4 is 32.9 Å². The van der Waals surface area contributed by atoms with E-state index in [0.29, 0.717) is 5.58 Å². The van der Waals surface area contributed by atoms with Gasteiger partial charge in [-0.05, 0) is 53.6 Å². The maximum Gasteiger partial charge on any atom is 0.139 e. The first kappa shape index (κ1) is 16.0. The van der Waals surface area contributed by atoms with E-state index in [4.69, 9.17) is 8.83 Å². The van der Waals surface area contributed by atoms with Crippen molar-refractivity contribution in [3.63, 3.8) is 0 Å². The zero-order valence-corrected chi connectivity index (χ0v) is 15.4. The Bertz CT molecular complexity index is 1500. The van der Waals surface area contributed by atoms with E-state index in [-0.39, 0.29) is 5.75 Å². The van der Waals surface area contributed by atoms with Crippen molar-refractivity contribution in [3.05, 3.63) is 91.0 Å². The van der Waals surface area contributed by atoms with Crippen LogP contribution in [-0.4, -0.2) is 5.11 Å². The molecule has 0 aliphatic carbocycles. The Morgan fingerprint density at radius 1 is 0.552 bits per heavy atom. The first-order valence-corrected chi connectivity index (χ1v) is 9.50. The van der Waals surface area contributed by atoms with Crippen LogP contribution < -0.4 is 0 Å². The quantitative estimate of drug-likeness (QED) is 0.343. The Hall–Kier alpha value is -3.98. The highest BCUT2D eigenvalue weighted by Gasteiger charge is 2.12. The second-order valence-corrected chi connectivity index (χ2v) is 7.19. The van der Waals surface area contributed by atoms with E-state index >= 15 is 0 Å². The monoisotopic (exact) mass is 376 g/mol. The number of benzene rings is 4. The molecule has 0 radical (unpaired) electrons. The predicted octanol–water partition coefficient (Wildman–Crippen LogP) is 7.37. The lowest BCUT2D eigenvalue weighted by Crippen LogP contribution is -1.77. The molecule has 0 fully saturated rings.